The van der Waals surface area contributed by atoms with E-state index in [1.807, 2.05) is 0 Å². The van der Waals surface area contributed by atoms with Crippen molar-refractivity contribution in [2.45, 2.75) is 66.2 Å². The zero-order valence-corrected chi connectivity index (χ0v) is 21.9. The lowest BCUT2D eigenvalue weighted by Gasteiger charge is -2.44. The minimum atomic E-state index is 0.105. The lowest BCUT2D eigenvalue weighted by atomic mass is 9.59. The van der Waals surface area contributed by atoms with E-state index in [-0.39, 0.29) is 16.2 Å². The SMILES string of the molecule is C=C(/C=C(C)\C(=C/C)c1ccccc1)c1cc2c(cc1PC)C(C)(C)C(C)(C)C2(C)C. The van der Waals surface area contributed by atoms with Crippen molar-refractivity contribution >= 4 is 25.0 Å². The molecule has 164 valence electrons. The van der Waals surface area contributed by atoms with Gasteiger partial charge in [-0.1, -0.05) is 105 Å². The maximum atomic E-state index is 4.53. The van der Waals surface area contributed by atoms with Crippen LogP contribution in [0.1, 0.15) is 77.6 Å². The average molecular weight is 431 g/mol. The number of benzene rings is 2. The van der Waals surface area contributed by atoms with E-state index in [1.54, 1.807) is 0 Å². The van der Waals surface area contributed by atoms with E-state index in [2.05, 4.69) is 123 Å². The lowest BCUT2D eigenvalue weighted by Crippen LogP contribution is -2.42. The van der Waals surface area contributed by atoms with Crippen molar-refractivity contribution in [2.75, 3.05) is 6.66 Å². The standard InChI is InChI=1S/C30H39P/c1-11-23(22-15-13-12-14-16-22)20(2)17-21(3)24-18-25-26(19-27(24)31-10)29(6,7)30(8,9)28(25,4)5/h11-19,31H,3H2,1-2,4-10H3/b20-17-,23-11+. The monoisotopic (exact) mass is 430 g/mol. The van der Waals surface area contributed by atoms with Crippen LogP contribution < -0.4 is 5.30 Å². The van der Waals surface area contributed by atoms with Gasteiger partial charge in [-0.25, -0.2) is 0 Å². The van der Waals surface area contributed by atoms with Gasteiger partial charge < -0.3 is 0 Å². The molecule has 0 fully saturated rings. The van der Waals surface area contributed by atoms with E-state index in [4.69, 9.17) is 0 Å². The van der Waals surface area contributed by atoms with Gasteiger partial charge in [-0.2, -0.15) is 0 Å². The van der Waals surface area contributed by atoms with Crippen molar-refractivity contribution in [2.24, 2.45) is 5.41 Å². The molecule has 1 heteroatoms. The third-order valence-corrected chi connectivity index (χ3v) is 9.39. The number of hydrogen-bond acceptors (Lipinski definition) is 0. The molecule has 1 aliphatic carbocycles. The van der Waals surface area contributed by atoms with Crippen LogP contribution >= 0.6 is 8.58 Å². The molecule has 0 amide bonds. The summed E-state index contributed by atoms with van der Waals surface area (Å²) < 4.78 is 0. The fourth-order valence-electron chi connectivity index (χ4n) is 5.22. The van der Waals surface area contributed by atoms with Gasteiger partial charge in [-0.3, -0.25) is 0 Å². The highest BCUT2D eigenvalue weighted by molar-refractivity contribution is 7.46. The third-order valence-electron chi connectivity index (χ3n) is 8.43. The average Bonchev–Trinajstić information content (AvgIpc) is 2.82. The second kappa shape index (κ2) is 8.22. The predicted octanol–water partition coefficient (Wildman–Crippen LogP) is 8.28. The van der Waals surface area contributed by atoms with Crippen LogP contribution in [0.5, 0.6) is 0 Å². The highest BCUT2D eigenvalue weighted by Crippen LogP contribution is 2.61. The fraction of sp³-hybridized carbons (Fsp3) is 0.400. The molecular weight excluding hydrogens is 391 g/mol. The topological polar surface area (TPSA) is 0 Å². The molecule has 0 nitrogen and oxygen atoms in total. The van der Waals surface area contributed by atoms with E-state index in [0.29, 0.717) is 0 Å². The summed E-state index contributed by atoms with van der Waals surface area (Å²) in [5.74, 6) is 0. The Hall–Kier alpha value is -1.91. The molecule has 0 aliphatic heterocycles. The summed E-state index contributed by atoms with van der Waals surface area (Å²) in [6, 6.07) is 15.6. The molecule has 0 saturated carbocycles. The molecular formula is C30H39P. The Kier molecular flexibility index (Phi) is 6.29. The van der Waals surface area contributed by atoms with Gasteiger partial charge in [0.05, 0.1) is 0 Å². The summed E-state index contributed by atoms with van der Waals surface area (Å²) in [5, 5.41) is 1.43. The first-order valence-electron chi connectivity index (χ1n) is 11.4. The molecule has 1 unspecified atom stereocenters. The Morgan fingerprint density at radius 3 is 1.97 bits per heavy atom. The summed E-state index contributed by atoms with van der Waals surface area (Å²) >= 11 is 0. The Morgan fingerprint density at radius 1 is 0.903 bits per heavy atom. The van der Waals surface area contributed by atoms with E-state index < -0.39 is 0 Å². The first-order chi connectivity index (χ1) is 14.4. The normalized spacial score (nSPS) is 19.6. The molecule has 2 aromatic carbocycles. The predicted molar refractivity (Wildman–Crippen MR) is 143 cm³/mol. The molecule has 2 aromatic rings. The number of rotatable bonds is 5. The minimum Gasteiger partial charge on any atom is -0.0929 e. The second-order valence-electron chi connectivity index (χ2n) is 10.5. The van der Waals surface area contributed by atoms with Gasteiger partial charge in [0.15, 0.2) is 0 Å². The summed E-state index contributed by atoms with van der Waals surface area (Å²) in [6.07, 6.45) is 4.47. The highest BCUT2D eigenvalue weighted by Gasteiger charge is 2.56. The number of fused-ring (bicyclic) bond motifs is 1. The van der Waals surface area contributed by atoms with Crippen molar-refractivity contribution in [3.8, 4) is 0 Å². The minimum absolute atomic E-state index is 0.105. The van der Waals surface area contributed by atoms with Crippen LogP contribution in [-0.4, -0.2) is 6.66 Å². The van der Waals surface area contributed by atoms with Crippen molar-refractivity contribution < 1.29 is 0 Å². The van der Waals surface area contributed by atoms with Crippen LogP contribution in [0.15, 0.2) is 66.8 Å². The van der Waals surface area contributed by atoms with Gasteiger partial charge in [0.2, 0.25) is 0 Å². The fourth-order valence-corrected chi connectivity index (χ4v) is 6.01. The molecule has 3 rings (SSSR count). The molecule has 0 bridgehead atoms. The van der Waals surface area contributed by atoms with Crippen molar-refractivity contribution in [1.29, 1.82) is 0 Å². The van der Waals surface area contributed by atoms with Gasteiger partial charge in [0.25, 0.3) is 0 Å². The largest absolute Gasteiger partial charge is 0.0929 e. The van der Waals surface area contributed by atoms with E-state index in [9.17, 15) is 0 Å². The second-order valence-corrected chi connectivity index (χ2v) is 11.5. The zero-order chi connectivity index (χ0) is 23.2. The molecule has 1 atom stereocenters. The molecule has 0 N–H and O–H groups in total. The van der Waals surface area contributed by atoms with Crippen LogP contribution in [0.25, 0.3) is 11.1 Å². The first-order valence-corrected chi connectivity index (χ1v) is 12.9. The smallest absolute Gasteiger partial charge is 0.00410 e. The summed E-state index contributed by atoms with van der Waals surface area (Å²) in [6.45, 7) is 25.6. The maximum absolute atomic E-state index is 4.53. The Bertz CT molecular complexity index is 1060. The number of hydrogen-bond donors (Lipinski definition) is 0. The van der Waals surface area contributed by atoms with E-state index in [0.717, 1.165) is 14.2 Å². The van der Waals surface area contributed by atoms with Gasteiger partial charge in [-0.15, -0.1) is 0 Å². The Labute approximate surface area is 192 Å². The van der Waals surface area contributed by atoms with Gasteiger partial charge in [0, 0.05) is 0 Å². The number of allylic oxidation sites excluding steroid dienone is 5. The van der Waals surface area contributed by atoms with Crippen LogP contribution in [0.4, 0.5) is 0 Å². The quantitative estimate of drug-likeness (QED) is 0.331. The van der Waals surface area contributed by atoms with Crippen LogP contribution in [-0.2, 0) is 10.8 Å². The first kappa shape index (κ1) is 23.7. The van der Waals surface area contributed by atoms with Crippen molar-refractivity contribution in [3.05, 3.63) is 89.0 Å². The Balaban J connectivity index is 2.11. The van der Waals surface area contributed by atoms with Crippen LogP contribution in [0.3, 0.4) is 0 Å². The van der Waals surface area contributed by atoms with Crippen LogP contribution in [0, 0.1) is 5.41 Å². The van der Waals surface area contributed by atoms with Gasteiger partial charge in [0.1, 0.15) is 0 Å². The molecule has 0 spiro atoms. The Morgan fingerprint density at radius 2 is 1.45 bits per heavy atom. The summed E-state index contributed by atoms with van der Waals surface area (Å²) in [7, 11) is 0.745. The van der Waals surface area contributed by atoms with E-state index in [1.165, 1.54) is 38.7 Å². The molecule has 0 aromatic heterocycles. The van der Waals surface area contributed by atoms with Crippen molar-refractivity contribution in [3.63, 3.8) is 0 Å². The van der Waals surface area contributed by atoms with Gasteiger partial charge >= 0.3 is 0 Å². The molecule has 0 heterocycles. The van der Waals surface area contributed by atoms with Crippen LogP contribution in [0.2, 0.25) is 0 Å². The molecule has 0 saturated heterocycles. The molecule has 1 aliphatic rings. The van der Waals surface area contributed by atoms with Crippen molar-refractivity contribution in [1.82, 2.24) is 0 Å². The maximum Gasteiger partial charge on any atom is -0.00410 e. The van der Waals surface area contributed by atoms with E-state index >= 15 is 0 Å². The molecule has 0 radical (unpaired) electrons. The molecule has 31 heavy (non-hydrogen) atoms. The summed E-state index contributed by atoms with van der Waals surface area (Å²) in [4.78, 5) is 0. The van der Waals surface area contributed by atoms with Gasteiger partial charge in [-0.05, 0) is 87.1 Å². The highest BCUT2D eigenvalue weighted by atomic mass is 31.1. The third kappa shape index (κ3) is 3.68. The zero-order valence-electron chi connectivity index (χ0n) is 20.9. The summed E-state index contributed by atoms with van der Waals surface area (Å²) in [5.41, 5.74) is 9.61. The lowest BCUT2D eigenvalue weighted by molar-refractivity contribution is 0.125.